The van der Waals surface area contributed by atoms with Crippen LogP contribution in [-0.2, 0) is 16.0 Å². The van der Waals surface area contributed by atoms with Crippen LogP contribution in [0.4, 0.5) is 0 Å². The summed E-state index contributed by atoms with van der Waals surface area (Å²) in [6, 6.07) is 8.49. The Morgan fingerprint density at radius 2 is 1.79 bits per heavy atom. The number of carbonyl (C=O) groups excluding carboxylic acids is 1. The van der Waals surface area contributed by atoms with Gasteiger partial charge in [-0.3, -0.25) is 4.79 Å². The van der Waals surface area contributed by atoms with Gasteiger partial charge in [0.1, 0.15) is 6.10 Å². The van der Waals surface area contributed by atoms with E-state index in [1.54, 1.807) is 0 Å². The molecule has 0 bridgehead atoms. The van der Waals surface area contributed by atoms with Gasteiger partial charge in [-0.15, -0.1) is 0 Å². The number of esters is 1. The second kappa shape index (κ2) is 8.84. The maximum Gasteiger partial charge on any atom is 0.313 e. The average molecular weight is 385 g/mol. The van der Waals surface area contributed by atoms with Crippen molar-refractivity contribution in [2.45, 2.75) is 93.6 Å². The zero-order valence-corrected chi connectivity index (χ0v) is 19.3. The van der Waals surface area contributed by atoms with E-state index in [1.165, 1.54) is 22.3 Å². The summed E-state index contributed by atoms with van der Waals surface area (Å²) in [5, 5.41) is 0. The first-order chi connectivity index (χ1) is 13.0. The Bertz CT molecular complexity index is 720. The Morgan fingerprint density at radius 3 is 2.32 bits per heavy atom. The SMILES string of the molecule is CCCC1=C(CC)Cc2ccccc2C1OC(=O)C(C)(CC(C)C)C(C)(C)C. The van der Waals surface area contributed by atoms with E-state index in [4.69, 9.17) is 4.74 Å². The molecular formula is C26H40O2. The first-order valence-electron chi connectivity index (χ1n) is 11.0. The molecule has 0 saturated carbocycles. The molecular weight excluding hydrogens is 344 g/mol. The predicted molar refractivity (Wildman–Crippen MR) is 118 cm³/mol. The van der Waals surface area contributed by atoms with Gasteiger partial charge in [-0.25, -0.2) is 0 Å². The third-order valence-corrected chi connectivity index (χ3v) is 6.61. The highest BCUT2D eigenvalue weighted by atomic mass is 16.5. The van der Waals surface area contributed by atoms with E-state index in [-0.39, 0.29) is 17.5 Å². The number of ether oxygens (including phenoxy) is 1. The molecule has 0 saturated heterocycles. The fraction of sp³-hybridized carbons (Fsp3) is 0.654. The van der Waals surface area contributed by atoms with Crippen molar-refractivity contribution in [3.63, 3.8) is 0 Å². The largest absolute Gasteiger partial charge is 0.452 e. The van der Waals surface area contributed by atoms with Crippen molar-refractivity contribution in [1.29, 1.82) is 0 Å². The summed E-state index contributed by atoms with van der Waals surface area (Å²) in [7, 11) is 0. The van der Waals surface area contributed by atoms with Gasteiger partial charge >= 0.3 is 5.97 Å². The van der Waals surface area contributed by atoms with E-state index in [2.05, 4.69) is 79.7 Å². The molecule has 0 amide bonds. The topological polar surface area (TPSA) is 26.3 Å². The number of allylic oxidation sites excluding steroid dienone is 1. The number of benzene rings is 1. The van der Waals surface area contributed by atoms with E-state index in [0.29, 0.717) is 5.92 Å². The smallest absolute Gasteiger partial charge is 0.313 e. The van der Waals surface area contributed by atoms with Gasteiger partial charge in [0, 0.05) is 5.56 Å². The molecule has 2 heteroatoms. The molecule has 2 atom stereocenters. The predicted octanol–water partition coefficient (Wildman–Crippen LogP) is 7.43. The van der Waals surface area contributed by atoms with Gasteiger partial charge in [0.2, 0.25) is 0 Å². The lowest BCUT2D eigenvalue weighted by Crippen LogP contribution is -2.43. The second-order valence-electron chi connectivity index (χ2n) is 10.1. The summed E-state index contributed by atoms with van der Waals surface area (Å²) >= 11 is 0. The van der Waals surface area contributed by atoms with Crippen LogP contribution in [0, 0.1) is 16.7 Å². The van der Waals surface area contributed by atoms with Crippen LogP contribution in [0.15, 0.2) is 35.4 Å². The van der Waals surface area contributed by atoms with Crippen molar-refractivity contribution < 1.29 is 9.53 Å². The van der Waals surface area contributed by atoms with Crippen molar-refractivity contribution in [3.8, 4) is 0 Å². The van der Waals surface area contributed by atoms with Gasteiger partial charge in [-0.1, -0.05) is 84.7 Å². The molecule has 0 radical (unpaired) electrons. The molecule has 28 heavy (non-hydrogen) atoms. The normalized spacial score (nSPS) is 19.4. The number of fused-ring (bicyclic) bond motifs is 1. The maximum atomic E-state index is 13.6. The second-order valence-corrected chi connectivity index (χ2v) is 10.1. The summed E-state index contributed by atoms with van der Waals surface area (Å²) in [4.78, 5) is 13.6. The first kappa shape index (κ1) is 22.7. The van der Waals surface area contributed by atoms with Gasteiger partial charge in [-0.2, -0.15) is 0 Å². The van der Waals surface area contributed by atoms with Gasteiger partial charge < -0.3 is 4.74 Å². The molecule has 0 aliphatic heterocycles. The molecule has 156 valence electrons. The maximum absolute atomic E-state index is 13.6. The number of hydrogen-bond donors (Lipinski definition) is 0. The summed E-state index contributed by atoms with van der Waals surface area (Å²) in [6.45, 7) is 17.4. The Labute approximate surface area is 172 Å². The lowest BCUT2D eigenvalue weighted by Gasteiger charge is -2.42. The van der Waals surface area contributed by atoms with Crippen molar-refractivity contribution >= 4 is 5.97 Å². The summed E-state index contributed by atoms with van der Waals surface area (Å²) in [5.74, 6) is 0.381. The zero-order valence-electron chi connectivity index (χ0n) is 19.3. The molecule has 2 nitrogen and oxygen atoms in total. The lowest BCUT2D eigenvalue weighted by atomic mass is 9.64. The third-order valence-electron chi connectivity index (χ3n) is 6.61. The highest BCUT2D eigenvalue weighted by Gasteiger charge is 2.47. The number of hydrogen-bond acceptors (Lipinski definition) is 2. The van der Waals surface area contributed by atoms with Crippen LogP contribution in [0.3, 0.4) is 0 Å². The van der Waals surface area contributed by atoms with Crippen molar-refractivity contribution in [2.75, 3.05) is 0 Å². The Kier molecular flexibility index (Phi) is 7.17. The molecule has 0 fully saturated rings. The van der Waals surface area contributed by atoms with E-state index in [1.807, 2.05) is 0 Å². The van der Waals surface area contributed by atoms with Crippen LogP contribution in [0.5, 0.6) is 0 Å². The van der Waals surface area contributed by atoms with Gasteiger partial charge in [-0.05, 0) is 55.1 Å². The Balaban J connectivity index is 2.48. The summed E-state index contributed by atoms with van der Waals surface area (Å²) < 4.78 is 6.41. The molecule has 1 aromatic rings. The van der Waals surface area contributed by atoms with E-state index in [9.17, 15) is 4.79 Å². The molecule has 1 aromatic carbocycles. The fourth-order valence-electron chi connectivity index (χ4n) is 4.48. The van der Waals surface area contributed by atoms with Gasteiger partial charge in [0.05, 0.1) is 5.41 Å². The van der Waals surface area contributed by atoms with Crippen molar-refractivity contribution in [3.05, 3.63) is 46.5 Å². The molecule has 0 heterocycles. The van der Waals surface area contributed by atoms with E-state index in [0.717, 1.165) is 32.1 Å². The number of rotatable bonds is 7. The fourth-order valence-corrected chi connectivity index (χ4v) is 4.48. The molecule has 2 rings (SSSR count). The monoisotopic (exact) mass is 384 g/mol. The average Bonchev–Trinajstić information content (AvgIpc) is 2.61. The number of carbonyl (C=O) groups is 1. The van der Waals surface area contributed by atoms with Crippen LogP contribution >= 0.6 is 0 Å². The van der Waals surface area contributed by atoms with Gasteiger partial charge in [0.25, 0.3) is 0 Å². The van der Waals surface area contributed by atoms with E-state index < -0.39 is 5.41 Å². The highest BCUT2D eigenvalue weighted by molar-refractivity contribution is 5.78. The van der Waals surface area contributed by atoms with Crippen molar-refractivity contribution in [2.24, 2.45) is 16.7 Å². The Morgan fingerprint density at radius 1 is 1.14 bits per heavy atom. The van der Waals surface area contributed by atoms with Crippen LogP contribution < -0.4 is 0 Å². The molecule has 0 N–H and O–H groups in total. The quantitative estimate of drug-likeness (QED) is 0.361. The van der Waals surface area contributed by atoms with Crippen LogP contribution in [0.2, 0.25) is 0 Å². The molecule has 1 aliphatic carbocycles. The molecule has 0 aromatic heterocycles. The van der Waals surface area contributed by atoms with Crippen LogP contribution in [0.25, 0.3) is 0 Å². The third kappa shape index (κ3) is 4.53. The van der Waals surface area contributed by atoms with E-state index >= 15 is 0 Å². The summed E-state index contributed by atoms with van der Waals surface area (Å²) in [5.41, 5.74) is 4.58. The standard InChI is InChI=1S/C26H40O2/c1-9-13-21-19(10-2)16-20-14-11-12-15-22(20)23(21)28-24(27)26(8,17-18(3)4)25(5,6)7/h11-12,14-15,18,23H,9-10,13,16-17H2,1-8H3. The van der Waals surface area contributed by atoms with Gasteiger partial charge in [0.15, 0.2) is 0 Å². The Hall–Kier alpha value is -1.57. The minimum atomic E-state index is -0.517. The lowest BCUT2D eigenvalue weighted by molar-refractivity contribution is -0.168. The van der Waals surface area contributed by atoms with Crippen LogP contribution in [0.1, 0.15) is 98.3 Å². The van der Waals surface area contributed by atoms with Crippen LogP contribution in [-0.4, -0.2) is 5.97 Å². The first-order valence-corrected chi connectivity index (χ1v) is 11.0. The zero-order chi connectivity index (χ0) is 21.1. The molecule has 1 aliphatic rings. The molecule has 2 unspecified atom stereocenters. The molecule has 0 spiro atoms. The minimum absolute atomic E-state index is 0.0561. The highest BCUT2D eigenvalue weighted by Crippen LogP contribution is 2.47. The van der Waals surface area contributed by atoms with Crippen molar-refractivity contribution in [1.82, 2.24) is 0 Å². The summed E-state index contributed by atoms with van der Waals surface area (Å²) in [6.07, 6.45) is 4.65. The minimum Gasteiger partial charge on any atom is -0.452 e.